The van der Waals surface area contributed by atoms with E-state index >= 15 is 0 Å². The molecule has 0 unspecified atom stereocenters. The molecular formula is C14H9BrO2. The number of hydrogen-bond donors (Lipinski definition) is 0. The number of methoxy groups -OCH3 is 1. The van der Waals surface area contributed by atoms with Crippen LogP contribution in [0.5, 0.6) is 0 Å². The number of carbonyl (C=O) groups is 1. The summed E-state index contributed by atoms with van der Waals surface area (Å²) in [4.78, 5) is 14.3. The van der Waals surface area contributed by atoms with E-state index in [1.807, 2.05) is 30.3 Å². The van der Waals surface area contributed by atoms with Gasteiger partial charge in [-0.1, -0.05) is 36.3 Å². The standard InChI is InChI=1S/C14H9BrO2/c1-17-14(16)13-9-10(7-8-15)11-5-3-2-4-6-12(11)13/h2-6,9H,1H3. The average Bonchev–Trinajstić information content (AvgIpc) is 2.54. The third-order valence-electron chi connectivity index (χ3n) is 2.49. The molecule has 0 radical (unpaired) electrons. The summed E-state index contributed by atoms with van der Waals surface area (Å²) in [5.41, 5.74) is 3.16. The third-order valence-corrected chi connectivity index (χ3v) is 2.69. The molecule has 2 nitrogen and oxygen atoms in total. The van der Waals surface area contributed by atoms with Gasteiger partial charge in [0, 0.05) is 21.5 Å². The highest BCUT2D eigenvalue weighted by Crippen LogP contribution is 2.31. The van der Waals surface area contributed by atoms with Crippen molar-refractivity contribution in [3.63, 3.8) is 0 Å². The van der Waals surface area contributed by atoms with Crippen LogP contribution in [0.25, 0.3) is 11.1 Å². The summed E-state index contributed by atoms with van der Waals surface area (Å²) in [6, 6.07) is 11.3. The Labute approximate surface area is 108 Å². The average molecular weight is 289 g/mol. The number of carbonyl (C=O) groups excluding carboxylic acids is 1. The number of ether oxygens (including phenoxy) is 1. The van der Waals surface area contributed by atoms with Crippen molar-refractivity contribution < 1.29 is 9.53 Å². The molecule has 2 aliphatic rings. The Balaban J connectivity index is 2.71. The zero-order valence-corrected chi connectivity index (χ0v) is 10.7. The van der Waals surface area contributed by atoms with Crippen LogP contribution in [0, 0.1) is 10.8 Å². The summed E-state index contributed by atoms with van der Waals surface area (Å²) in [5.74, 6) is 2.58. The maximum absolute atomic E-state index is 11.7. The Bertz CT molecular complexity index is 593. The van der Waals surface area contributed by atoms with Crippen molar-refractivity contribution in [2.75, 3.05) is 7.11 Å². The lowest BCUT2D eigenvalue weighted by Gasteiger charge is -1.98. The zero-order chi connectivity index (χ0) is 12.3. The molecule has 0 spiro atoms. The van der Waals surface area contributed by atoms with Gasteiger partial charge in [-0.25, -0.2) is 4.79 Å². The van der Waals surface area contributed by atoms with Gasteiger partial charge in [0.2, 0.25) is 0 Å². The van der Waals surface area contributed by atoms with Gasteiger partial charge in [-0.15, -0.1) is 0 Å². The van der Waals surface area contributed by atoms with E-state index in [0.29, 0.717) is 5.56 Å². The molecule has 3 heteroatoms. The number of hydrogen-bond acceptors (Lipinski definition) is 2. The summed E-state index contributed by atoms with van der Waals surface area (Å²) in [5, 5.41) is 0. The summed E-state index contributed by atoms with van der Waals surface area (Å²) in [6.07, 6.45) is 0. The first-order valence-corrected chi connectivity index (χ1v) is 5.79. The van der Waals surface area contributed by atoms with Crippen LogP contribution in [0.3, 0.4) is 0 Å². The Kier molecular flexibility index (Phi) is 3.46. The van der Waals surface area contributed by atoms with E-state index in [2.05, 4.69) is 26.7 Å². The molecule has 0 fully saturated rings. The zero-order valence-electron chi connectivity index (χ0n) is 9.16. The van der Waals surface area contributed by atoms with E-state index in [4.69, 9.17) is 4.74 Å². The minimum atomic E-state index is -0.344. The summed E-state index contributed by atoms with van der Waals surface area (Å²) in [6.45, 7) is 0. The molecule has 0 aromatic heterocycles. The molecule has 0 saturated carbocycles. The molecule has 0 heterocycles. The SMILES string of the molecule is COC(=O)c1cc(C#CBr)c2cccccc1-2. The topological polar surface area (TPSA) is 26.3 Å². The van der Waals surface area contributed by atoms with Crippen molar-refractivity contribution in [2.45, 2.75) is 0 Å². The smallest absolute Gasteiger partial charge is 0.338 e. The lowest BCUT2D eigenvalue weighted by Crippen LogP contribution is -1.99. The van der Waals surface area contributed by atoms with Gasteiger partial charge < -0.3 is 4.74 Å². The predicted molar refractivity (Wildman–Crippen MR) is 70.2 cm³/mol. The highest BCUT2D eigenvalue weighted by atomic mass is 79.9. The first kappa shape index (κ1) is 11.7. The van der Waals surface area contributed by atoms with Gasteiger partial charge in [-0.2, -0.15) is 0 Å². The highest BCUT2D eigenvalue weighted by molar-refractivity contribution is 9.12. The lowest BCUT2D eigenvalue weighted by molar-refractivity contribution is 0.0602. The predicted octanol–water partition coefficient (Wildman–Crippen LogP) is 3.28. The van der Waals surface area contributed by atoms with Gasteiger partial charge in [-0.05, 0) is 22.0 Å². The highest BCUT2D eigenvalue weighted by Gasteiger charge is 2.19. The number of halogens is 1. The van der Waals surface area contributed by atoms with Crippen LogP contribution >= 0.6 is 15.9 Å². The van der Waals surface area contributed by atoms with Crippen LogP contribution in [0.15, 0.2) is 36.4 Å². The molecule has 17 heavy (non-hydrogen) atoms. The molecule has 0 aromatic rings. The maximum atomic E-state index is 11.7. The van der Waals surface area contributed by atoms with Gasteiger partial charge in [0.1, 0.15) is 0 Å². The second-order valence-electron chi connectivity index (χ2n) is 3.42. The van der Waals surface area contributed by atoms with Crippen LogP contribution in [-0.2, 0) is 4.74 Å². The Hall–Kier alpha value is -1.79. The minimum Gasteiger partial charge on any atom is -0.465 e. The molecular weight excluding hydrogens is 280 g/mol. The van der Waals surface area contributed by atoms with Gasteiger partial charge >= 0.3 is 5.97 Å². The molecule has 0 bridgehead atoms. The second-order valence-corrected chi connectivity index (χ2v) is 3.82. The quantitative estimate of drug-likeness (QED) is 0.595. The van der Waals surface area contributed by atoms with Crippen LogP contribution in [0.2, 0.25) is 0 Å². The molecule has 0 amide bonds. The van der Waals surface area contributed by atoms with Crippen molar-refractivity contribution >= 4 is 21.9 Å². The molecule has 84 valence electrons. The van der Waals surface area contributed by atoms with Gasteiger partial charge in [-0.3, -0.25) is 0 Å². The number of esters is 1. The fraction of sp³-hybridized carbons (Fsp3) is 0.0714. The minimum absolute atomic E-state index is 0.344. The van der Waals surface area contributed by atoms with E-state index in [-0.39, 0.29) is 5.97 Å². The molecule has 0 aromatic carbocycles. The summed E-state index contributed by atoms with van der Waals surface area (Å²) in [7, 11) is 1.37. The normalized spacial score (nSPS) is 9.53. The van der Waals surface area contributed by atoms with Crippen LogP contribution < -0.4 is 0 Å². The fourth-order valence-electron chi connectivity index (χ4n) is 1.75. The first-order valence-electron chi connectivity index (χ1n) is 4.99. The van der Waals surface area contributed by atoms with Crippen molar-refractivity contribution in [3.8, 4) is 21.9 Å². The van der Waals surface area contributed by atoms with E-state index in [9.17, 15) is 4.79 Å². The van der Waals surface area contributed by atoms with Gasteiger partial charge in [0.25, 0.3) is 0 Å². The lowest BCUT2D eigenvalue weighted by atomic mass is 10.1. The van der Waals surface area contributed by atoms with Crippen LogP contribution in [0.4, 0.5) is 0 Å². The fourth-order valence-corrected chi connectivity index (χ4v) is 1.96. The summed E-state index contributed by atoms with van der Waals surface area (Å²) >= 11 is 3.07. The monoisotopic (exact) mass is 288 g/mol. The molecule has 0 saturated heterocycles. The van der Waals surface area contributed by atoms with E-state index in [1.165, 1.54) is 7.11 Å². The maximum Gasteiger partial charge on any atom is 0.338 e. The first-order chi connectivity index (χ1) is 8.27. The van der Waals surface area contributed by atoms with E-state index < -0.39 is 0 Å². The van der Waals surface area contributed by atoms with Crippen molar-refractivity contribution in [2.24, 2.45) is 0 Å². The second kappa shape index (κ2) is 5.03. The van der Waals surface area contributed by atoms with Crippen molar-refractivity contribution in [1.82, 2.24) is 0 Å². The molecule has 2 rings (SSSR count). The largest absolute Gasteiger partial charge is 0.465 e. The molecule has 0 N–H and O–H groups in total. The van der Waals surface area contributed by atoms with Crippen LogP contribution in [0.1, 0.15) is 15.9 Å². The molecule has 0 aliphatic heterocycles. The van der Waals surface area contributed by atoms with Crippen molar-refractivity contribution in [3.05, 3.63) is 47.5 Å². The van der Waals surface area contributed by atoms with E-state index in [0.717, 1.165) is 16.7 Å². The summed E-state index contributed by atoms with van der Waals surface area (Å²) < 4.78 is 4.77. The van der Waals surface area contributed by atoms with Gasteiger partial charge in [0.05, 0.1) is 12.7 Å². The number of rotatable bonds is 1. The van der Waals surface area contributed by atoms with E-state index in [1.54, 1.807) is 6.07 Å². The Morgan fingerprint density at radius 3 is 2.59 bits per heavy atom. The Morgan fingerprint density at radius 1 is 1.24 bits per heavy atom. The molecule has 2 aliphatic carbocycles. The number of fused-ring (bicyclic) bond motifs is 1. The van der Waals surface area contributed by atoms with Gasteiger partial charge in [0.15, 0.2) is 0 Å². The Morgan fingerprint density at radius 2 is 1.94 bits per heavy atom. The molecule has 0 atom stereocenters. The van der Waals surface area contributed by atoms with Crippen molar-refractivity contribution in [1.29, 1.82) is 0 Å². The van der Waals surface area contributed by atoms with Crippen LogP contribution in [-0.4, -0.2) is 13.1 Å². The third kappa shape index (κ3) is 2.17.